The summed E-state index contributed by atoms with van der Waals surface area (Å²) in [5, 5.41) is 10.4. The van der Waals surface area contributed by atoms with Gasteiger partial charge in [0, 0.05) is 22.4 Å². The highest BCUT2D eigenvalue weighted by molar-refractivity contribution is 7.98. The van der Waals surface area contributed by atoms with Crippen molar-refractivity contribution in [3.05, 3.63) is 64.9 Å². The monoisotopic (exact) mass is 359 g/mol. The first-order valence-electron chi connectivity index (χ1n) is 7.79. The van der Waals surface area contributed by atoms with Gasteiger partial charge in [-0.2, -0.15) is 0 Å². The molecule has 24 heavy (non-hydrogen) atoms. The van der Waals surface area contributed by atoms with E-state index in [0.717, 1.165) is 45.7 Å². The molecule has 1 heterocycles. The van der Waals surface area contributed by atoms with Gasteiger partial charge >= 0.3 is 0 Å². The van der Waals surface area contributed by atoms with Crippen LogP contribution in [0.3, 0.4) is 0 Å². The maximum Gasteiger partial charge on any atom is 0.192 e. The van der Waals surface area contributed by atoms with Gasteiger partial charge in [-0.15, -0.1) is 10.2 Å². The van der Waals surface area contributed by atoms with E-state index < -0.39 is 0 Å². The van der Waals surface area contributed by atoms with Gasteiger partial charge in [-0.3, -0.25) is 4.57 Å². The predicted octanol–water partition coefficient (Wildman–Crippen LogP) is 5.36. The molecule has 0 amide bonds. The number of hydrogen-bond donors (Lipinski definition) is 0. The average Bonchev–Trinajstić information content (AvgIpc) is 3.33. The van der Waals surface area contributed by atoms with Crippen LogP contribution in [0.5, 0.6) is 0 Å². The van der Waals surface area contributed by atoms with E-state index in [1.54, 1.807) is 23.9 Å². The van der Waals surface area contributed by atoms with Crippen molar-refractivity contribution in [2.45, 2.75) is 29.8 Å². The molecule has 0 N–H and O–H groups in total. The number of halogens is 2. The highest BCUT2D eigenvalue weighted by Gasteiger charge is 2.30. The zero-order valence-electron chi connectivity index (χ0n) is 12.8. The molecule has 0 atom stereocenters. The zero-order valence-corrected chi connectivity index (χ0v) is 14.4. The first-order chi connectivity index (χ1) is 11.7. The lowest BCUT2D eigenvalue weighted by Gasteiger charge is -2.09. The molecule has 0 radical (unpaired) electrons. The van der Waals surface area contributed by atoms with Crippen LogP contribution in [0.25, 0.3) is 11.4 Å². The summed E-state index contributed by atoms with van der Waals surface area (Å²) >= 11 is 7.69. The Kier molecular flexibility index (Phi) is 4.29. The number of nitrogens with zero attached hydrogens (tertiary/aromatic N) is 3. The van der Waals surface area contributed by atoms with Crippen LogP contribution in [0.4, 0.5) is 4.39 Å². The van der Waals surface area contributed by atoms with E-state index in [1.165, 1.54) is 12.1 Å². The minimum atomic E-state index is -0.244. The largest absolute Gasteiger partial charge is 0.299 e. The van der Waals surface area contributed by atoms with Crippen LogP contribution >= 0.6 is 23.4 Å². The fourth-order valence-electron chi connectivity index (χ4n) is 2.61. The van der Waals surface area contributed by atoms with Crippen molar-refractivity contribution < 1.29 is 4.39 Å². The molecule has 2 aromatic carbocycles. The van der Waals surface area contributed by atoms with Crippen LogP contribution in [0, 0.1) is 5.82 Å². The van der Waals surface area contributed by atoms with Crippen molar-refractivity contribution >= 4 is 23.4 Å². The van der Waals surface area contributed by atoms with Gasteiger partial charge in [0.15, 0.2) is 11.0 Å². The fraction of sp³-hybridized carbons (Fsp3) is 0.222. The molecular formula is C18H15ClFN3S. The number of thioether (sulfide) groups is 1. The van der Waals surface area contributed by atoms with Gasteiger partial charge in [-0.25, -0.2) is 4.39 Å². The Bertz CT molecular complexity index is 859. The zero-order chi connectivity index (χ0) is 16.5. The normalized spacial score (nSPS) is 14.1. The van der Waals surface area contributed by atoms with E-state index in [2.05, 4.69) is 20.8 Å². The minimum Gasteiger partial charge on any atom is -0.299 e. The van der Waals surface area contributed by atoms with Gasteiger partial charge in [0.25, 0.3) is 0 Å². The van der Waals surface area contributed by atoms with E-state index in [1.807, 2.05) is 18.2 Å². The summed E-state index contributed by atoms with van der Waals surface area (Å²) in [5.74, 6) is 1.35. The highest BCUT2D eigenvalue weighted by atomic mass is 35.5. The van der Waals surface area contributed by atoms with Gasteiger partial charge < -0.3 is 0 Å². The second-order valence-electron chi connectivity index (χ2n) is 5.83. The Morgan fingerprint density at radius 1 is 1.12 bits per heavy atom. The second-order valence-corrected chi connectivity index (χ2v) is 7.21. The van der Waals surface area contributed by atoms with Crippen molar-refractivity contribution in [2.75, 3.05) is 0 Å². The summed E-state index contributed by atoms with van der Waals surface area (Å²) in [6.45, 7) is 0. The standard InChI is InChI=1S/C18H15ClFN3S/c19-14-3-1-2-12(10-14)11-24-18-22-21-17(23(18)16-8-9-16)13-4-6-15(20)7-5-13/h1-7,10,16H,8-9,11H2. The Hall–Kier alpha value is -1.85. The van der Waals surface area contributed by atoms with Gasteiger partial charge in [0.05, 0.1) is 0 Å². The molecule has 1 aliphatic rings. The molecule has 0 saturated heterocycles. The van der Waals surface area contributed by atoms with Gasteiger partial charge in [-0.1, -0.05) is 35.5 Å². The van der Waals surface area contributed by atoms with Gasteiger partial charge in [0.2, 0.25) is 0 Å². The Morgan fingerprint density at radius 3 is 2.62 bits per heavy atom. The summed E-state index contributed by atoms with van der Waals surface area (Å²) in [6.07, 6.45) is 2.27. The van der Waals surface area contributed by atoms with E-state index in [4.69, 9.17) is 11.6 Å². The number of hydrogen-bond acceptors (Lipinski definition) is 3. The smallest absolute Gasteiger partial charge is 0.192 e. The molecule has 1 saturated carbocycles. The third kappa shape index (κ3) is 3.32. The third-order valence-corrected chi connectivity index (χ3v) is 5.19. The van der Waals surface area contributed by atoms with Crippen molar-refractivity contribution in [3.8, 4) is 11.4 Å². The molecular weight excluding hydrogens is 345 g/mol. The molecule has 1 fully saturated rings. The predicted molar refractivity (Wildman–Crippen MR) is 94.7 cm³/mol. The molecule has 3 aromatic rings. The van der Waals surface area contributed by atoms with E-state index in [9.17, 15) is 4.39 Å². The van der Waals surface area contributed by atoms with Crippen molar-refractivity contribution in [1.29, 1.82) is 0 Å². The molecule has 0 aliphatic heterocycles. The van der Waals surface area contributed by atoms with Crippen molar-refractivity contribution in [2.24, 2.45) is 0 Å². The van der Waals surface area contributed by atoms with Crippen LogP contribution in [-0.4, -0.2) is 14.8 Å². The van der Waals surface area contributed by atoms with E-state index in [0.29, 0.717) is 6.04 Å². The molecule has 0 spiro atoms. The summed E-state index contributed by atoms with van der Waals surface area (Å²) in [4.78, 5) is 0. The Labute approximate surface area is 148 Å². The van der Waals surface area contributed by atoms with Crippen LogP contribution in [-0.2, 0) is 5.75 Å². The molecule has 122 valence electrons. The lowest BCUT2D eigenvalue weighted by molar-refractivity contribution is 0.627. The molecule has 0 bridgehead atoms. The molecule has 1 aliphatic carbocycles. The summed E-state index contributed by atoms with van der Waals surface area (Å²) < 4.78 is 15.3. The summed E-state index contributed by atoms with van der Waals surface area (Å²) in [5.41, 5.74) is 2.05. The summed E-state index contributed by atoms with van der Waals surface area (Å²) in [7, 11) is 0. The van der Waals surface area contributed by atoms with E-state index >= 15 is 0 Å². The lowest BCUT2D eigenvalue weighted by Crippen LogP contribution is -2.00. The van der Waals surface area contributed by atoms with Crippen LogP contribution in [0.15, 0.2) is 53.7 Å². The topological polar surface area (TPSA) is 30.7 Å². The van der Waals surface area contributed by atoms with Gasteiger partial charge in [-0.05, 0) is 54.8 Å². The Balaban J connectivity index is 1.61. The maximum atomic E-state index is 13.2. The maximum absolute atomic E-state index is 13.2. The minimum absolute atomic E-state index is 0.244. The van der Waals surface area contributed by atoms with Crippen LogP contribution in [0.1, 0.15) is 24.4 Å². The number of rotatable bonds is 5. The first kappa shape index (κ1) is 15.7. The average molecular weight is 360 g/mol. The first-order valence-corrected chi connectivity index (χ1v) is 9.15. The molecule has 1 aromatic heterocycles. The Morgan fingerprint density at radius 2 is 1.92 bits per heavy atom. The number of benzene rings is 2. The molecule has 3 nitrogen and oxygen atoms in total. The second kappa shape index (κ2) is 6.57. The lowest BCUT2D eigenvalue weighted by atomic mass is 10.2. The highest BCUT2D eigenvalue weighted by Crippen LogP contribution is 2.41. The van der Waals surface area contributed by atoms with Crippen molar-refractivity contribution in [3.63, 3.8) is 0 Å². The van der Waals surface area contributed by atoms with Crippen LogP contribution < -0.4 is 0 Å². The SMILES string of the molecule is Fc1ccc(-c2nnc(SCc3cccc(Cl)c3)n2C2CC2)cc1. The molecule has 0 unspecified atom stereocenters. The quantitative estimate of drug-likeness (QED) is 0.574. The van der Waals surface area contributed by atoms with Crippen LogP contribution in [0.2, 0.25) is 5.02 Å². The van der Waals surface area contributed by atoms with E-state index in [-0.39, 0.29) is 5.82 Å². The number of aromatic nitrogens is 3. The third-order valence-electron chi connectivity index (χ3n) is 3.94. The van der Waals surface area contributed by atoms with Crippen molar-refractivity contribution in [1.82, 2.24) is 14.8 Å². The molecule has 6 heteroatoms. The van der Waals surface area contributed by atoms with Gasteiger partial charge in [0.1, 0.15) is 5.82 Å². The fourth-order valence-corrected chi connectivity index (χ4v) is 3.77. The summed E-state index contributed by atoms with van der Waals surface area (Å²) in [6, 6.07) is 14.7. The molecule has 4 rings (SSSR count).